The summed E-state index contributed by atoms with van der Waals surface area (Å²) in [5.74, 6) is 0. The maximum atomic E-state index is 11.9. The van der Waals surface area contributed by atoms with E-state index in [4.69, 9.17) is 0 Å². The van der Waals surface area contributed by atoms with Gasteiger partial charge in [-0.3, -0.25) is 19.8 Å². The molecule has 1 aromatic heterocycles. The molecule has 0 radical (unpaired) electrons. The molecular weight excluding hydrogens is 256 g/mol. The minimum atomic E-state index is -0.300. The Kier molecular flexibility index (Phi) is 3.94. The van der Waals surface area contributed by atoms with Crippen molar-refractivity contribution in [2.24, 2.45) is 0 Å². The number of fused-ring (bicyclic) bond motifs is 1. The maximum Gasteiger partial charge on any atom is 0.272 e. The van der Waals surface area contributed by atoms with Crippen molar-refractivity contribution in [1.82, 2.24) is 15.5 Å². The van der Waals surface area contributed by atoms with Crippen LogP contribution in [0.15, 0.2) is 27.8 Å². The number of H-pyrrole nitrogens is 2. The van der Waals surface area contributed by atoms with E-state index >= 15 is 0 Å². The fourth-order valence-electron chi connectivity index (χ4n) is 2.01. The third-order valence-corrected chi connectivity index (χ3v) is 2.92. The monoisotopic (exact) mass is 276 g/mol. The van der Waals surface area contributed by atoms with E-state index in [0.29, 0.717) is 23.0 Å². The molecule has 0 amide bonds. The lowest BCUT2D eigenvalue weighted by Gasteiger charge is -2.20. The predicted molar refractivity (Wildman–Crippen MR) is 81.4 cm³/mol. The van der Waals surface area contributed by atoms with Gasteiger partial charge < -0.3 is 10.6 Å². The van der Waals surface area contributed by atoms with E-state index in [9.17, 15) is 9.59 Å². The molecule has 4 N–H and O–H groups in total. The van der Waals surface area contributed by atoms with Crippen LogP contribution in [0.25, 0.3) is 10.8 Å². The first kappa shape index (κ1) is 14.3. The molecule has 108 valence electrons. The topological polar surface area (TPSA) is 89.8 Å². The molecule has 2 aromatic rings. The van der Waals surface area contributed by atoms with Gasteiger partial charge in [0, 0.05) is 24.3 Å². The smallest absolute Gasteiger partial charge is 0.272 e. The van der Waals surface area contributed by atoms with Gasteiger partial charge in [-0.05, 0) is 32.9 Å². The highest BCUT2D eigenvalue weighted by molar-refractivity contribution is 5.92. The van der Waals surface area contributed by atoms with Crippen molar-refractivity contribution in [3.05, 3.63) is 38.9 Å². The van der Waals surface area contributed by atoms with Gasteiger partial charge in [0.05, 0.1) is 10.8 Å². The van der Waals surface area contributed by atoms with E-state index in [-0.39, 0.29) is 16.7 Å². The van der Waals surface area contributed by atoms with Crippen LogP contribution in [0, 0.1) is 0 Å². The van der Waals surface area contributed by atoms with Crippen molar-refractivity contribution < 1.29 is 0 Å². The standard InChI is InChI=1S/C14H20N4O2/c1-14(2,3)16-8-7-15-10-6-4-5-9-11(10)13(20)18-17-12(9)19/h4-6,15-16H,7-8H2,1-3H3,(H,17,19)(H,18,20). The van der Waals surface area contributed by atoms with Crippen molar-refractivity contribution in [3.8, 4) is 0 Å². The summed E-state index contributed by atoms with van der Waals surface area (Å²) in [6.07, 6.45) is 0. The Morgan fingerprint density at radius 1 is 1.05 bits per heavy atom. The second-order valence-corrected chi connectivity index (χ2v) is 5.74. The summed E-state index contributed by atoms with van der Waals surface area (Å²) in [6, 6.07) is 5.20. The highest BCUT2D eigenvalue weighted by Gasteiger charge is 2.09. The van der Waals surface area contributed by atoms with E-state index in [2.05, 4.69) is 41.6 Å². The summed E-state index contributed by atoms with van der Waals surface area (Å²) in [4.78, 5) is 23.5. The summed E-state index contributed by atoms with van der Waals surface area (Å²) in [5, 5.41) is 12.0. The van der Waals surface area contributed by atoms with Gasteiger partial charge in [0.2, 0.25) is 0 Å². The predicted octanol–water partition coefficient (Wildman–Crippen LogP) is 1.02. The summed E-state index contributed by atoms with van der Waals surface area (Å²) in [6.45, 7) is 7.71. The maximum absolute atomic E-state index is 11.9. The summed E-state index contributed by atoms with van der Waals surface area (Å²) in [7, 11) is 0. The zero-order chi connectivity index (χ0) is 14.8. The first-order valence-electron chi connectivity index (χ1n) is 6.61. The van der Waals surface area contributed by atoms with E-state index in [1.54, 1.807) is 18.2 Å². The third-order valence-electron chi connectivity index (χ3n) is 2.92. The molecule has 0 atom stereocenters. The van der Waals surface area contributed by atoms with Gasteiger partial charge in [-0.1, -0.05) is 6.07 Å². The van der Waals surface area contributed by atoms with Crippen LogP contribution >= 0.6 is 0 Å². The molecular formula is C14H20N4O2. The van der Waals surface area contributed by atoms with Crippen molar-refractivity contribution in [3.63, 3.8) is 0 Å². The molecule has 20 heavy (non-hydrogen) atoms. The van der Waals surface area contributed by atoms with Crippen LogP contribution in [0.2, 0.25) is 0 Å². The molecule has 0 bridgehead atoms. The molecule has 1 aromatic carbocycles. The Morgan fingerprint density at radius 3 is 2.45 bits per heavy atom. The van der Waals surface area contributed by atoms with Crippen molar-refractivity contribution >= 4 is 16.5 Å². The second-order valence-electron chi connectivity index (χ2n) is 5.74. The average Bonchev–Trinajstić information content (AvgIpc) is 2.38. The second kappa shape index (κ2) is 5.50. The van der Waals surface area contributed by atoms with Crippen LogP contribution in [0.4, 0.5) is 5.69 Å². The molecule has 2 rings (SSSR count). The quantitative estimate of drug-likeness (QED) is 0.628. The Hall–Kier alpha value is -2.08. The van der Waals surface area contributed by atoms with Crippen LogP contribution in [0.1, 0.15) is 20.8 Å². The van der Waals surface area contributed by atoms with Gasteiger partial charge in [0.1, 0.15) is 0 Å². The van der Waals surface area contributed by atoms with Crippen LogP contribution in [-0.4, -0.2) is 28.8 Å². The normalized spacial score (nSPS) is 11.8. The Bertz CT molecular complexity index is 709. The van der Waals surface area contributed by atoms with Gasteiger partial charge >= 0.3 is 0 Å². The van der Waals surface area contributed by atoms with Crippen LogP contribution < -0.4 is 21.8 Å². The van der Waals surface area contributed by atoms with Crippen LogP contribution in [0.5, 0.6) is 0 Å². The number of nitrogens with one attached hydrogen (secondary N) is 4. The van der Waals surface area contributed by atoms with Crippen LogP contribution in [-0.2, 0) is 0 Å². The van der Waals surface area contributed by atoms with Gasteiger partial charge in [-0.2, -0.15) is 0 Å². The molecule has 0 aliphatic rings. The number of aromatic nitrogens is 2. The molecule has 0 saturated heterocycles. The fourth-order valence-corrected chi connectivity index (χ4v) is 2.01. The number of rotatable bonds is 4. The molecule has 0 unspecified atom stereocenters. The van der Waals surface area contributed by atoms with E-state index < -0.39 is 0 Å². The third kappa shape index (κ3) is 3.27. The lowest BCUT2D eigenvalue weighted by atomic mass is 10.1. The summed E-state index contributed by atoms with van der Waals surface area (Å²) >= 11 is 0. The van der Waals surface area contributed by atoms with Crippen molar-refractivity contribution in [1.29, 1.82) is 0 Å². The largest absolute Gasteiger partial charge is 0.383 e. The highest BCUT2D eigenvalue weighted by atomic mass is 16.1. The highest BCUT2D eigenvalue weighted by Crippen LogP contribution is 2.16. The van der Waals surface area contributed by atoms with E-state index in [1.165, 1.54) is 0 Å². The first-order chi connectivity index (χ1) is 9.38. The number of aromatic amines is 2. The van der Waals surface area contributed by atoms with Crippen LogP contribution in [0.3, 0.4) is 0 Å². The molecule has 0 aliphatic carbocycles. The summed E-state index contributed by atoms with van der Waals surface area (Å²) < 4.78 is 0. The Morgan fingerprint density at radius 2 is 1.75 bits per heavy atom. The zero-order valence-corrected chi connectivity index (χ0v) is 12.0. The Balaban J connectivity index is 2.21. The van der Waals surface area contributed by atoms with Gasteiger partial charge in [-0.15, -0.1) is 0 Å². The fraction of sp³-hybridized carbons (Fsp3) is 0.429. The van der Waals surface area contributed by atoms with Gasteiger partial charge in [-0.25, -0.2) is 0 Å². The minimum absolute atomic E-state index is 0.0507. The molecule has 1 heterocycles. The molecule has 6 nitrogen and oxygen atoms in total. The average molecular weight is 276 g/mol. The summed E-state index contributed by atoms with van der Waals surface area (Å²) in [5.41, 5.74) is 0.128. The number of hydrogen-bond acceptors (Lipinski definition) is 4. The number of anilines is 1. The van der Waals surface area contributed by atoms with E-state index in [0.717, 1.165) is 6.54 Å². The van der Waals surface area contributed by atoms with Gasteiger partial charge in [0.15, 0.2) is 0 Å². The molecule has 0 fully saturated rings. The SMILES string of the molecule is CC(C)(C)NCCNc1cccc2c(=O)[nH][nH]c(=O)c12. The lowest BCUT2D eigenvalue weighted by molar-refractivity contribution is 0.435. The zero-order valence-electron chi connectivity index (χ0n) is 12.0. The number of benzene rings is 1. The lowest BCUT2D eigenvalue weighted by Crippen LogP contribution is -2.38. The first-order valence-corrected chi connectivity index (χ1v) is 6.61. The number of hydrogen-bond donors (Lipinski definition) is 4. The van der Waals surface area contributed by atoms with Crippen molar-refractivity contribution in [2.75, 3.05) is 18.4 Å². The van der Waals surface area contributed by atoms with E-state index in [1.807, 2.05) is 0 Å². The Labute approximate surface area is 116 Å². The molecule has 6 heteroatoms. The van der Waals surface area contributed by atoms with Gasteiger partial charge in [0.25, 0.3) is 11.1 Å². The molecule has 0 saturated carbocycles. The molecule has 0 aliphatic heterocycles. The molecule has 0 spiro atoms. The van der Waals surface area contributed by atoms with Crippen molar-refractivity contribution in [2.45, 2.75) is 26.3 Å². The minimum Gasteiger partial charge on any atom is -0.383 e.